The van der Waals surface area contributed by atoms with Crippen molar-refractivity contribution in [3.05, 3.63) is 48.5 Å². The van der Waals surface area contributed by atoms with Crippen molar-refractivity contribution in [2.45, 2.75) is 38.8 Å². The molecule has 0 aliphatic heterocycles. The highest BCUT2D eigenvalue weighted by Crippen LogP contribution is 2.41. The monoisotopic (exact) mass is 299 g/mol. The average molecular weight is 299 g/mol. The van der Waals surface area contributed by atoms with Crippen LogP contribution in [-0.2, 0) is 0 Å². The lowest BCUT2D eigenvalue weighted by atomic mass is 10.2. The standard InChI is InChI=1S/C18H22FNSi/c1-13(2)21(19,14(3)4)20-17-11-7-5-9-15(17)16-10-6-8-12-18(16)20/h5-14H,1-4H3. The number of fused-ring (bicyclic) bond motifs is 3. The number of benzene rings is 2. The third-order valence-electron chi connectivity index (χ3n) is 4.54. The minimum absolute atomic E-state index is 0.0386. The van der Waals surface area contributed by atoms with Crippen LogP contribution in [0.3, 0.4) is 0 Å². The zero-order valence-corrected chi connectivity index (χ0v) is 14.1. The number of para-hydroxylation sites is 2. The van der Waals surface area contributed by atoms with Gasteiger partial charge < -0.3 is 4.23 Å². The van der Waals surface area contributed by atoms with E-state index in [1.807, 2.05) is 56.2 Å². The maximum Gasteiger partial charge on any atom is 0.358 e. The fraction of sp³-hybridized carbons (Fsp3) is 0.333. The van der Waals surface area contributed by atoms with Gasteiger partial charge >= 0.3 is 8.57 Å². The van der Waals surface area contributed by atoms with Gasteiger partial charge in [-0.05, 0) is 23.2 Å². The summed E-state index contributed by atoms with van der Waals surface area (Å²) in [7, 11) is -3.14. The first-order valence-corrected chi connectivity index (χ1v) is 9.63. The fourth-order valence-corrected chi connectivity index (χ4v) is 6.97. The van der Waals surface area contributed by atoms with E-state index < -0.39 is 8.57 Å². The zero-order valence-electron chi connectivity index (χ0n) is 13.1. The van der Waals surface area contributed by atoms with Crippen LogP contribution >= 0.6 is 0 Å². The summed E-state index contributed by atoms with van der Waals surface area (Å²) >= 11 is 0. The number of rotatable bonds is 3. The summed E-state index contributed by atoms with van der Waals surface area (Å²) in [5.41, 5.74) is 2.15. The maximum atomic E-state index is 16.2. The predicted octanol–water partition coefficient (Wildman–Crippen LogP) is 5.87. The summed E-state index contributed by atoms with van der Waals surface area (Å²) in [6, 6.07) is 16.4. The lowest BCUT2D eigenvalue weighted by Gasteiger charge is -2.33. The van der Waals surface area contributed by atoms with Gasteiger partial charge in [-0.15, -0.1) is 0 Å². The number of hydrogen-bond acceptors (Lipinski definition) is 0. The molecular formula is C18H22FNSi. The van der Waals surface area contributed by atoms with Gasteiger partial charge in [0.05, 0.1) is 0 Å². The van der Waals surface area contributed by atoms with Crippen molar-refractivity contribution in [1.29, 1.82) is 0 Å². The quantitative estimate of drug-likeness (QED) is 0.421. The Bertz CT molecular complexity index is 727. The number of nitrogens with zero attached hydrogens (tertiary/aromatic N) is 1. The Hall–Kier alpha value is -1.61. The molecule has 0 bridgehead atoms. The molecule has 2 aromatic carbocycles. The van der Waals surface area contributed by atoms with E-state index in [0.717, 1.165) is 21.8 Å². The van der Waals surface area contributed by atoms with Crippen molar-refractivity contribution in [3.63, 3.8) is 0 Å². The third-order valence-corrected chi connectivity index (χ3v) is 8.95. The van der Waals surface area contributed by atoms with E-state index in [1.165, 1.54) is 0 Å². The summed E-state index contributed by atoms with van der Waals surface area (Å²) < 4.78 is 18.2. The first kappa shape index (κ1) is 14.3. The highest BCUT2D eigenvalue weighted by Gasteiger charge is 2.46. The lowest BCUT2D eigenvalue weighted by Crippen LogP contribution is -2.44. The van der Waals surface area contributed by atoms with Crippen molar-refractivity contribution in [2.75, 3.05) is 0 Å². The topological polar surface area (TPSA) is 4.93 Å². The van der Waals surface area contributed by atoms with Crippen molar-refractivity contribution in [3.8, 4) is 0 Å². The molecule has 21 heavy (non-hydrogen) atoms. The van der Waals surface area contributed by atoms with Gasteiger partial charge in [0.2, 0.25) is 0 Å². The molecule has 0 amide bonds. The SMILES string of the molecule is CC(C)[Si](F)(C(C)C)n1c2ccccc2c2ccccc21. The van der Waals surface area contributed by atoms with Gasteiger partial charge in [0.25, 0.3) is 0 Å². The van der Waals surface area contributed by atoms with Gasteiger partial charge in [-0.25, -0.2) is 0 Å². The Morgan fingerprint density at radius 3 is 1.52 bits per heavy atom. The molecule has 0 spiro atoms. The second-order valence-corrected chi connectivity index (χ2v) is 10.6. The molecule has 1 nitrogen and oxygen atoms in total. The molecule has 0 saturated heterocycles. The molecule has 110 valence electrons. The average Bonchev–Trinajstić information content (AvgIpc) is 2.81. The van der Waals surface area contributed by atoms with E-state index in [4.69, 9.17) is 0 Å². The zero-order chi connectivity index (χ0) is 15.2. The molecule has 1 aromatic heterocycles. The Morgan fingerprint density at radius 1 is 0.762 bits per heavy atom. The Balaban J connectivity index is 2.50. The Kier molecular flexibility index (Phi) is 3.40. The predicted molar refractivity (Wildman–Crippen MR) is 91.9 cm³/mol. The van der Waals surface area contributed by atoms with E-state index in [0.29, 0.717) is 0 Å². The van der Waals surface area contributed by atoms with Gasteiger partial charge in [0.15, 0.2) is 0 Å². The van der Waals surface area contributed by atoms with Crippen LogP contribution in [0, 0.1) is 0 Å². The van der Waals surface area contributed by atoms with Crippen molar-refractivity contribution >= 4 is 30.4 Å². The Morgan fingerprint density at radius 2 is 1.14 bits per heavy atom. The highest BCUT2D eigenvalue weighted by molar-refractivity contribution is 6.76. The van der Waals surface area contributed by atoms with Crippen LogP contribution < -0.4 is 0 Å². The van der Waals surface area contributed by atoms with Crippen LogP contribution in [0.25, 0.3) is 21.8 Å². The minimum atomic E-state index is -3.14. The smallest absolute Gasteiger partial charge is 0.341 e. The van der Waals surface area contributed by atoms with E-state index in [9.17, 15) is 0 Å². The molecule has 3 heteroatoms. The molecule has 0 unspecified atom stereocenters. The fourth-order valence-electron chi connectivity index (χ4n) is 3.47. The molecule has 0 N–H and O–H groups in total. The van der Waals surface area contributed by atoms with Gasteiger partial charge in [-0.1, -0.05) is 64.1 Å². The summed E-state index contributed by atoms with van der Waals surface area (Å²) in [4.78, 5) is 0. The van der Waals surface area contributed by atoms with Crippen LogP contribution in [0.15, 0.2) is 48.5 Å². The lowest BCUT2D eigenvalue weighted by molar-refractivity contribution is 0.648. The first-order chi connectivity index (χ1) is 9.98. The summed E-state index contributed by atoms with van der Waals surface area (Å²) in [5, 5.41) is 2.31. The summed E-state index contributed by atoms with van der Waals surface area (Å²) in [6.07, 6.45) is 0. The second kappa shape index (κ2) is 4.99. The highest BCUT2D eigenvalue weighted by atomic mass is 28.4. The van der Waals surface area contributed by atoms with E-state index in [2.05, 4.69) is 24.3 Å². The van der Waals surface area contributed by atoms with E-state index >= 15 is 4.11 Å². The van der Waals surface area contributed by atoms with Crippen molar-refractivity contribution in [2.24, 2.45) is 0 Å². The van der Waals surface area contributed by atoms with Crippen LogP contribution in [0.5, 0.6) is 0 Å². The van der Waals surface area contributed by atoms with Crippen LogP contribution in [-0.4, -0.2) is 12.8 Å². The van der Waals surface area contributed by atoms with E-state index in [-0.39, 0.29) is 11.1 Å². The molecular weight excluding hydrogens is 277 g/mol. The van der Waals surface area contributed by atoms with Gasteiger partial charge in [0.1, 0.15) is 0 Å². The number of aromatic nitrogens is 1. The second-order valence-electron chi connectivity index (χ2n) is 6.41. The number of halogens is 1. The first-order valence-electron chi connectivity index (χ1n) is 7.65. The molecule has 3 rings (SSSR count). The molecule has 1 heterocycles. The van der Waals surface area contributed by atoms with Crippen LogP contribution in [0.4, 0.5) is 4.11 Å². The van der Waals surface area contributed by atoms with E-state index in [1.54, 1.807) is 0 Å². The minimum Gasteiger partial charge on any atom is -0.341 e. The molecule has 0 atom stereocenters. The molecule has 0 fully saturated rings. The molecule has 0 radical (unpaired) electrons. The Labute approximate surface area is 126 Å². The summed E-state index contributed by atoms with van der Waals surface area (Å²) in [6.45, 7) is 8.09. The normalized spacial score (nSPS) is 12.9. The van der Waals surface area contributed by atoms with Gasteiger partial charge in [0, 0.05) is 21.8 Å². The molecule has 0 saturated carbocycles. The van der Waals surface area contributed by atoms with Crippen LogP contribution in [0.2, 0.25) is 11.1 Å². The van der Waals surface area contributed by atoms with Crippen molar-refractivity contribution < 1.29 is 4.11 Å². The van der Waals surface area contributed by atoms with Gasteiger partial charge in [-0.2, -0.15) is 0 Å². The molecule has 0 aliphatic rings. The van der Waals surface area contributed by atoms with Crippen LogP contribution in [0.1, 0.15) is 27.7 Å². The summed E-state index contributed by atoms with van der Waals surface area (Å²) in [5.74, 6) is 0. The molecule has 3 aromatic rings. The maximum absolute atomic E-state index is 16.2. The van der Waals surface area contributed by atoms with Crippen molar-refractivity contribution in [1.82, 2.24) is 4.23 Å². The molecule has 0 aliphatic carbocycles. The third kappa shape index (κ3) is 1.94. The van der Waals surface area contributed by atoms with Gasteiger partial charge in [-0.3, -0.25) is 4.11 Å². The number of hydrogen-bond donors (Lipinski definition) is 0. The largest absolute Gasteiger partial charge is 0.358 e.